The summed E-state index contributed by atoms with van der Waals surface area (Å²) >= 11 is 2.87. The van der Waals surface area contributed by atoms with E-state index in [1.54, 1.807) is 18.2 Å². The third-order valence-corrected chi connectivity index (χ3v) is 7.71. The number of alkyl halides is 3. The number of nitrogens with one attached hydrogen (secondary N) is 1. The zero-order valence-corrected chi connectivity index (χ0v) is 25.1. The lowest BCUT2D eigenvalue weighted by Gasteiger charge is -2.44. The van der Waals surface area contributed by atoms with E-state index in [0.29, 0.717) is 30.3 Å². The second-order valence-electron chi connectivity index (χ2n) is 9.66. The number of phenolic OH excluding ortho intramolecular Hbond substituents is 2. The summed E-state index contributed by atoms with van der Waals surface area (Å²) in [6.45, 7) is 3.05. The van der Waals surface area contributed by atoms with Crippen molar-refractivity contribution in [2.75, 3.05) is 51.5 Å². The highest BCUT2D eigenvalue weighted by Crippen LogP contribution is 2.39. The summed E-state index contributed by atoms with van der Waals surface area (Å²) in [5.74, 6) is 0.615. The van der Waals surface area contributed by atoms with Crippen molar-refractivity contribution in [3.63, 3.8) is 0 Å². The van der Waals surface area contributed by atoms with E-state index in [0.717, 1.165) is 50.9 Å². The minimum absolute atomic E-state index is 0. The molecule has 2 aliphatic heterocycles. The van der Waals surface area contributed by atoms with Gasteiger partial charge in [-0.25, -0.2) is 4.39 Å². The van der Waals surface area contributed by atoms with Gasteiger partial charge in [0.15, 0.2) is 0 Å². The maximum Gasteiger partial charge on any atom is 0.115 e. The number of ether oxygens (including phenoxy) is 2. The van der Waals surface area contributed by atoms with E-state index in [-0.39, 0.29) is 84.4 Å². The summed E-state index contributed by atoms with van der Waals surface area (Å²) in [5, 5.41) is 23.1. The van der Waals surface area contributed by atoms with Crippen molar-refractivity contribution in [3.05, 3.63) is 58.7 Å². The molecule has 11 heteroatoms. The van der Waals surface area contributed by atoms with Crippen LogP contribution in [0.15, 0.2) is 36.4 Å². The van der Waals surface area contributed by atoms with Crippen LogP contribution in [-0.2, 0) is 22.3 Å². The molecule has 2 aromatic carbocycles. The van der Waals surface area contributed by atoms with Crippen molar-refractivity contribution in [1.82, 2.24) is 10.2 Å². The Morgan fingerprint density at radius 2 is 1.38 bits per heavy atom. The molecule has 0 spiro atoms. The number of hydrogen-bond acceptors (Lipinski definition) is 6. The molecule has 42 heavy (non-hydrogen) atoms. The normalized spacial score (nSPS) is 23.0. The Kier molecular flexibility index (Phi) is 22.0. The first-order valence-corrected chi connectivity index (χ1v) is 14.2. The quantitative estimate of drug-likeness (QED) is 0.287. The van der Waals surface area contributed by atoms with Crippen molar-refractivity contribution in [3.8, 4) is 11.5 Å². The van der Waals surface area contributed by atoms with Crippen LogP contribution in [0.3, 0.4) is 0 Å². The van der Waals surface area contributed by atoms with E-state index in [1.165, 1.54) is 16.7 Å². The zero-order chi connectivity index (χ0) is 26.2. The number of benzene rings is 2. The van der Waals surface area contributed by atoms with E-state index >= 15 is 0 Å². The van der Waals surface area contributed by atoms with Gasteiger partial charge in [0.05, 0.1) is 32.1 Å². The van der Waals surface area contributed by atoms with Crippen molar-refractivity contribution in [2.45, 2.75) is 72.3 Å². The van der Waals surface area contributed by atoms with Gasteiger partial charge in [0, 0.05) is 37.0 Å². The van der Waals surface area contributed by atoms with Gasteiger partial charge in [-0.05, 0) is 72.2 Å². The Balaban J connectivity index is 0. The van der Waals surface area contributed by atoms with Crippen molar-refractivity contribution >= 4 is 40.7 Å². The molecule has 4 aliphatic rings. The van der Waals surface area contributed by atoms with Crippen LogP contribution >= 0.6 is 40.7 Å². The fourth-order valence-corrected chi connectivity index (χ4v) is 5.76. The predicted octanol–water partition coefficient (Wildman–Crippen LogP) is 7.52. The Morgan fingerprint density at radius 1 is 0.833 bits per heavy atom. The molecule has 0 amide bonds. The second kappa shape index (κ2) is 21.5. The topological polar surface area (TPSA) is 74.2 Å². The van der Waals surface area contributed by atoms with Crippen LogP contribution in [0.4, 0.5) is 8.78 Å². The van der Waals surface area contributed by atoms with Crippen LogP contribution < -0.4 is 5.32 Å². The summed E-state index contributed by atoms with van der Waals surface area (Å²) in [6.07, 6.45) is 4.30. The number of aromatic hydroxyl groups is 2. The Hall–Kier alpha value is -1.20. The average molecular weight is 705 g/mol. The number of fused-ring (bicyclic) bond motifs is 6. The summed E-state index contributed by atoms with van der Waals surface area (Å²) in [7, 11) is 0. The molecular weight excluding hydrogens is 653 g/mol. The Labute approximate surface area is 272 Å². The van der Waals surface area contributed by atoms with Crippen LogP contribution in [0.5, 0.6) is 11.5 Å². The molecule has 0 saturated carbocycles. The molecular formula is C31H51BrCl2F2N2O4. The minimum Gasteiger partial charge on any atom is -0.508 e. The number of morpholine rings is 2. The molecule has 6 rings (SSSR count). The van der Waals surface area contributed by atoms with E-state index in [2.05, 4.69) is 26.1 Å². The minimum atomic E-state index is -0.309. The fourth-order valence-electron chi connectivity index (χ4n) is 5.76. The third-order valence-electron chi connectivity index (χ3n) is 7.42. The van der Waals surface area contributed by atoms with Crippen molar-refractivity contribution < 1.29 is 28.5 Å². The summed E-state index contributed by atoms with van der Waals surface area (Å²) in [5.41, 5.74) is 4.81. The highest BCUT2D eigenvalue weighted by atomic mass is 79.9. The predicted molar refractivity (Wildman–Crippen MR) is 178 cm³/mol. The number of nitrogens with zero attached hydrogens (tertiary/aromatic N) is 1. The van der Waals surface area contributed by atoms with Crippen LogP contribution in [-0.4, -0.2) is 78.7 Å². The second-order valence-corrected chi connectivity index (χ2v) is 10.5. The standard InChI is InChI=1S/C14H18FNO2.C12H15NO2.C2H4BrF.3CH4.2ClH/c15-5-6-16-7-8-18-14-12-9-11(17)3-1-10(12)2-4-13(14)16;14-9-3-1-8-2-4-11-12(10(8)7-9)15-6-5-13-11;3-1-2-4;;;;;/h1,3,9,13-14,17H,2,4-8H2;1,3,7,11-14H,2,4-6H2;1-2H2;3*1H4;2*1H/t13-,14-;11-,12-;;;;;;/m11....../s1. The number of rotatable bonds is 3. The van der Waals surface area contributed by atoms with Crippen LogP contribution in [0.2, 0.25) is 0 Å². The molecule has 6 nitrogen and oxygen atoms in total. The molecule has 0 radical (unpaired) electrons. The molecule has 2 fully saturated rings. The monoisotopic (exact) mass is 702 g/mol. The maximum absolute atomic E-state index is 12.6. The molecule has 2 saturated heterocycles. The van der Waals surface area contributed by atoms with Gasteiger partial charge in [0.1, 0.15) is 18.2 Å². The first-order valence-electron chi connectivity index (χ1n) is 13.1. The van der Waals surface area contributed by atoms with Gasteiger partial charge in [0.2, 0.25) is 0 Å². The van der Waals surface area contributed by atoms with Crippen molar-refractivity contribution in [2.24, 2.45) is 0 Å². The lowest BCUT2D eigenvalue weighted by atomic mass is 9.84. The van der Waals surface area contributed by atoms with Gasteiger partial charge in [-0.1, -0.05) is 50.3 Å². The summed E-state index contributed by atoms with van der Waals surface area (Å²) < 4.78 is 34.9. The number of aryl methyl sites for hydroxylation is 2. The molecule has 2 aromatic rings. The highest BCUT2D eigenvalue weighted by Gasteiger charge is 2.37. The van der Waals surface area contributed by atoms with Crippen LogP contribution in [0.25, 0.3) is 0 Å². The lowest BCUT2D eigenvalue weighted by molar-refractivity contribution is -0.0814. The number of hydrogen-bond donors (Lipinski definition) is 3. The van der Waals surface area contributed by atoms with E-state index in [1.807, 2.05) is 18.2 Å². The molecule has 0 bridgehead atoms. The molecule has 2 aliphatic carbocycles. The number of phenols is 2. The largest absolute Gasteiger partial charge is 0.508 e. The van der Waals surface area contributed by atoms with Gasteiger partial charge in [-0.3, -0.25) is 9.29 Å². The maximum atomic E-state index is 12.6. The van der Waals surface area contributed by atoms with E-state index < -0.39 is 0 Å². The summed E-state index contributed by atoms with van der Waals surface area (Å²) in [4.78, 5) is 2.18. The average Bonchev–Trinajstić information content (AvgIpc) is 2.93. The van der Waals surface area contributed by atoms with Crippen LogP contribution in [0.1, 0.15) is 69.6 Å². The van der Waals surface area contributed by atoms with Gasteiger partial charge in [0.25, 0.3) is 0 Å². The van der Waals surface area contributed by atoms with Gasteiger partial charge in [-0.2, -0.15) is 0 Å². The van der Waals surface area contributed by atoms with E-state index in [9.17, 15) is 19.0 Å². The van der Waals surface area contributed by atoms with Crippen LogP contribution in [0, 0.1) is 0 Å². The third kappa shape index (κ3) is 10.8. The van der Waals surface area contributed by atoms with Crippen molar-refractivity contribution in [1.29, 1.82) is 0 Å². The highest BCUT2D eigenvalue weighted by molar-refractivity contribution is 9.09. The van der Waals surface area contributed by atoms with Gasteiger partial charge in [-0.15, -0.1) is 24.8 Å². The molecule has 0 unspecified atom stereocenters. The molecule has 4 atom stereocenters. The fraction of sp³-hybridized carbons (Fsp3) is 0.613. The molecule has 0 aromatic heterocycles. The van der Waals surface area contributed by atoms with Gasteiger partial charge >= 0.3 is 0 Å². The first-order chi connectivity index (χ1) is 18.0. The smallest absolute Gasteiger partial charge is 0.115 e. The zero-order valence-electron chi connectivity index (χ0n) is 21.9. The lowest BCUT2D eigenvalue weighted by Crippen LogP contribution is -2.49. The SMILES string of the molecule is C.C.C.Cl.Cl.FCCBr.Oc1ccc2c(c1)[C@H]1OCCN(CCF)[C@@H]1CC2.Oc1ccc2c(c1)[C@H]1OCCN[C@@H]1CC2. The Morgan fingerprint density at radius 3 is 1.95 bits per heavy atom. The summed E-state index contributed by atoms with van der Waals surface area (Å²) in [6, 6.07) is 11.8. The van der Waals surface area contributed by atoms with Gasteiger partial charge < -0.3 is 25.0 Å². The Bertz CT molecular complexity index is 1020. The molecule has 2 heterocycles. The first kappa shape index (κ1) is 42.9. The molecule has 244 valence electrons. The number of halogens is 5. The molecule has 3 N–H and O–H groups in total. The van der Waals surface area contributed by atoms with E-state index in [4.69, 9.17) is 9.47 Å².